The Morgan fingerprint density at radius 1 is 1.19 bits per heavy atom. The van der Waals surface area contributed by atoms with E-state index in [4.69, 9.17) is 4.74 Å². The summed E-state index contributed by atoms with van der Waals surface area (Å²) in [5.74, 6) is 0.887. The topological polar surface area (TPSA) is 52.0 Å². The van der Waals surface area contributed by atoms with Gasteiger partial charge in [-0.3, -0.25) is 4.98 Å². The molecule has 0 aliphatic heterocycles. The number of para-hydroxylation sites is 1. The van der Waals surface area contributed by atoms with Gasteiger partial charge in [-0.1, -0.05) is 25.1 Å². The number of imidazole rings is 1. The first-order valence-electron chi connectivity index (χ1n) is 7.41. The van der Waals surface area contributed by atoms with Crippen LogP contribution >= 0.6 is 0 Å². The molecule has 5 nitrogen and oxygen atoms in total. The Morgan fingerprint density at radius 2 is 2.05 bits per heavy atom. The third-order valence-corrected chi connectivity index (χ3v) is 3.41. The first-order chi connectivity index (χ1) is 10.3. The second kappa shape index (κ2) is 6.10. The Bertz CT molecular complexity index is 750. The maximum atomic E-state index is 5.54. The molecule has 0 bridgehead atoms. The molecular formula is C16H20N4O. The van der Waals surface area contributed by atoms with Crippen molar-refractivity contribution in [3.8, 4) is 0 Å². The molecule has 0 saturated heterocycles. The molecule has 0 saturated carbocycles. The normalized spacial score (nSPS) is 11.3. The highest BCUT2D eigenvalue weighted by molar-refractivity contribution is 6.02. The molecule has 0 amide bonds. The molecule has 0 fully saturated rings. The van der Waals surface area contributed by atoms with Crippen LogP contribution in [0.25, 0.3) is 21.9 Å². The molecule has 0 atom stereocenters. The molecule has 110 valence electrons. The van der Waals surface area contributed by atoms with E-state index in [1.807, 2.05) is 31.3 Å². The first-order valence-corrected chi connectivity index (χ1v) is 7.41. The quantitative estimate of drug-likeness (QED) is 0.756. The lowest BCUT2D eigenvalue weighted by Crippen LogP contribution is -2.19. The van der Waals surface area contributed by atoms with Crippen molar-refractivity contribution in [3.63, 3.8) is 0 Å². The van der Waals surface area contributed by atoms with Crippen molar-refractivity contribution < 1.29 is 4.74 Å². The number of ether oxygens (including phenoxy) is 1. The third-order valence-electron chi connectivity index (χ3n) is 3.41. The van der Waals surface area contributed by atoms with E-state index in [0.717, 1.165) is 40.7 Å². The molecule has 1 aromatic carbocycles. The summed E-state index contributed by atoms with van der Waals surface area (Å²) in [7, 11) is 0. The van der Waals surface area contributed by atoms with Crippen LogP contribution in [0.5, 0.6) is 0 Å². The van der Waals surface area contributed by atoms with E-state index in [2.05, 4.69) is 33.1 Å². The van der Waals surface area contributed by atoms with Crippen LogP contribution in [0.2, 0.25) is 0 Å². The molecule has 0 radical (unpaired) electrons. The Labute approximate surface area is 123 Å². The average Bonchev–Trinajstić information content (AvgIpc) is 2.88. The maximum Gasteiger partial charge on any atom is 0.154 e. The highest BCUT2D eigenvalue weighted by Gasteiger charge is 2.13. The molecular weight excluding hydrogens is 264 g/mol. The Kier molecular flexibility index (Phi) is 4.01. The van der Waals surface area contributed by atoms with Gasteiger partial charge in [-0.2, -0.15) is 0 Å². The minimum absolute atomic E-state index is 0.496. The summed E-state index contributed by atoms with van der Waals surface area (Å²) in [4.78, 5) is 9.15. The molecule has 0 aliphatic carbocycles. The molecule has 1 N–H and O–H groups in total. The summed E-state index contributed by atoms with van der Waals surface area (Å²) >= 11 is 0. The summed E-state index contributed by atoms with van der Waals surface area (Å²) < 4.78 is 7.59. The van der Waals surface area contributed by atoms with Gasteiger partial charge in [-0.05, 0) is 19.4 Å². The Hall–Kier alpha value is -2.14. The van der Waals surface area contributed by atoms with Gasteiger partial charge >= 0.3 is 0 Å². The van der Waals surface area contributed by atoms with Crippen LogP contribution in [-0.4, -0.2) is 27.8 Å². The molecule has 3 aromatic rings. The van der Waals surface area contributed by atoms with E-state index in [9.17, 15) is 0 Å². The van der Waals surface area contributed by atoms with Crippen LogP contribution in [0.4, 0.5) is 0 Å². The van der Waals surface area contributed by atoms with Crippen LogP contribution in [0, 0.1) is 0 Å². The van der Waals surface area contributed by atoms with Crippen LogP contribution in [-0.2, 0) is 11.3 Å². The SMILES string of the molecule is CCCNn1c(COCC)nc2cnc3ccccc3c21. The molecule has 0 unspecified atom stereocenters. The van der Waals surface area contributed by atoms with Crippen LogP contribution in [0.1, 0.15) is 26.1 Å². The zero-order valence-corrected chi connectivity index (χ0v) is 12.5. The molecule has 0 aliphatic rings. The van der Waals surface area contributed by atoms with Crippen molar-refractivity contribution >= 4 is 21.9 Å². The molecule has 3 rings (SSSR count). The summed E-state index contributed by atoms with van der Waals surface area (Å²) in [5.41, 5.74) is 6.38. The van der Waals surface area contributed by atoms with Gasteiger partial charge in [-0.25, -0.2) is 9.66 Å². The number of nitrogens with zero attached hydrogens (tertiary/aromatic N) is 3. The fraction of sp³-hybridized carbons (Fsp3) is 0.375. The summed E-state index contributed by atoms with van der Waals surface area (Å²) in [6.07, 6.45) is 2.88. The summed E-state index contributed by atoms with van der Waals surface area (Å²) in [6, 6.07) is 8.14. The minimum atomic E-state index is 0.496. The number of hydrogen-bond donors (Lipinski definition) is 1. The van der Waals surface area contributed by atoms with Crippen LogP contribution in [0.3, 0.4) is 0 Å². The number of benzene rings is 1. The molecule has 2 aromatic heterocycles. The fourth-order valence-electron chi connectivity index (χ4n) is 2.44. The van der Waals surface area contributed by atoms with E-state index >= 15 is 0 Å². The lowest BCUT2D eigenvalue weighted by molar-refractivity contribution is 0.127. The lowest BCUT2D eigenvalue weighted by Gasteiger charge is -2.12. The zero-order valence-electron chi connectivity index (χ0n) is 12.5. The lowest BCUT2D eigenvalue weighted by atomic mass is 10.2. The van der Waals surface area contributed by atoms with Crippen molar-refractivity contribution in [2.45, 2.75) is 26.9 Å². The van der Waals surface area contributed by atoms with Crippen molar-refractivity contribution in [2.75, 3.05) is 18.6 Å². The maximum absolute atomic E-state index is 5.54. The fourth-order valence-corrected chi connectivity index (χ4v) is 2.44. The predicted molar refractivity (Wildman–Crippen MR) is 84.9 cm³/mol. The van der Waals surface area contributed by atoms with Gasteiger partial charge in [0.2, 0.25) is 0 Å². The Balaban J connectivity index is 2.20. The van der Waals surface area contributed by atoms with E-state index in [1.54, 1.807) is 0 Å². The Morgan fingerprint density at radius 3 is 2.86 bits per heavy atom. The number of pyridine rings is 1. The van der Waals surface area contributed by atoms with E-state index < -0.39 is 0 Å². The van der Waals surface area contributed by atoms with E-state index in [0.29, 0.717) is 13.2 Å². The second-order valence-electron chi connectivity index (χ2n) is 4.92. The molecule has 5 heteroatoms. The van der Waals surface area contributed by atoms with Crippen molar-refractivity contribution in [3.05, 3.63) is 36.3 Å². The predicted octanol–water partition coefficient (Wildman–Crippen LogP) is 3.07. The van der Waals surface area contributed by atoms with Gasteiger partial charge in [0.1, 0.15) is 17.6 Å². The number of hydrogen-bond acceptors (Lipinski definition) is 4. The van der Waals surface area contributed by atoms with Crippen molar-refractivity contribution in [1.82, 2.24) is 14.6 Å². The summed E-state index contributed by atoms with van der Waals surface area (Å²) in [5, 5.41) is 1.11. The average molecular weight is 284 g/mol. The number of fused-ring (bicyclic) bond motifs is 3. The largest absolute Gasteiger partial charge is 0.374 e. The smallest absolute Gasteiger partial charge is 0.154 e. The van der Waals surface area contributed by atoms with E-state index in [1.165, 1.54) is 0 Å². The van der Waals surface area contributed by atoms with Gasteiger partial charge in [0.05, 0.1) is 11.7 Å². The number of rotatable bonds is 6. The van der Waals surface area contributed by atoms with Gasteiger partial charge in [0.15, 0.2) is 5.82 Å². The molecule has 0 spiro atoms. The standard InChI is InChI=1S/C16H20N4O/c1-3-9-18-20-15(11-21-4-2)19-14-10-17-13-8-6-5-7-12(13)16(14)20/h5-8,10,18H,3-4,9,11H2,1-2H3. The second-order valence-corrected chi connectivity index (χ2v) is 4.92. The first kappa shape index (κ1) is 13.8. The molecule has 2 heterocycles. The zero-order chi connectivity index (χ0) is 14.7. The van der Waals surface area contributed by atoms with Crippen molar-refractivity contribution in [1.29, 1.82) is 0 Å². The third kappa shape index (κ3) is 2.56. The number of aromatic nitrogens is 3. The molecule has 21 heavy (non-hydrogen) atoms. The van der Waals surface area contributed by atoms with Gasteiger partial charge in [-0.15, -0.1) is 0 Å². The van der Waals surface area contributed by atoms with Gasteiger partial charge in [0.25, 0.3) is 0 Å². The van der Waals surface area contributed by atoms with Crippen LogP contribution in [0.15, 0.2) is 30.5 Å². The van der Waals surface area contributed by atoms with Gasteiger partial charge in [0, 0.05) is 18.5 Å². The highest BCUT2D eigenvalue weighted by atomic mass is 16.5. The van der Waals surface area contributed by atoms with Crippen molar-refractivity contribution in [2.24, 2.45) is 0 Å². The monoisotopic (exact) mass is 284 g/mol. The van der Waals surface area contributed by atoms with E-state index in [-0.39, 0.29) is 0 Å². The summed E-state index contributed by atoms with van der Waals surface area (Å²) in [6.45, 7) is 6.20. The number of nitrogens with one attached hydrogen (secondary N) is 1. The van der Waals surface area contributed by atoms with Crippen LogP contribution < -0.4 is 5.43 Å². The minimum Gasteiger partial charge on any atom is -0.374 e. The van der Waals surface area contributed by atoms with Gasteiger partial charge < -0.3 is 10.2 Å². The highest BCUT2D eigenvalue weighted by Crippen LogP contribution is 2.24.